The van der Waals surface area contributed by atoms with Crippen molar-refractivity contribution in [2.45, 2.75) is 19.6 Å². The van der Waals surface area contributed by atoms with Crippen molar-refractivity contribution in [3.05, 3.63) is 57.3 Å². The first-order valence-electron chi connectivity index (χ1n) is 6.42. The van der Waals surface area contributed by atoms with Crippen LogP contribution in [-0.4, -0.2) is 11.4 Å². The van der Waals surface area contributed by atoms with Crippen LogP contribution in [0.15, 0.2) is 36.4 Å². The van der Waals surface area contributed by atoms with Crippen LogP contribution in [0.1, 0.15) is 20.9 Å². The maximum atomic E-state index is 5.39. The number of hydrogen-bond acceptors (Lipinski definition) is 3. The Hall–Kier alpha value is -1.60. The van der Waals surface area contributed by atoms with Crippen molar-refractivity contribution in [3.8, 4) is 11.8 Å². The third kappa shape index (κ3) is 2.87. The molecule has 2 heterocycles. The van der Waals surface area contributed by atoms with E-state index in [1.54, 1.807) is 11.3 Å². The first-order chi connectivity index (χ1) is 9.35. The zero-order chi connectivity index (χ0) is 13.1. The maximum Gasteiger partial charge on any atom is 0.0772 e. The number of nitrogens with zero attached hydrogens (tertiary/aromatic N) is 1. The second kappa shape index (κ2) is 5.58. The molecule has 2 N–H and O–H groups in total. The first-order valence-corrected chi connectivity index (χ1v) is 7.23. The molecule has 0 saturated heterocycles. The third-order valence-corrected chi connectivity index (χ3v) is 4.25. The van der Waals surface area contributed by atoms with Gasteiger partial charge in [-0.25, -0.2) is 0 Å². The average molecular weight is 268 g/mol. The zero-order valence-corrected chi connectivity index (χ0v) is 11.5. The highest BCUT2D eigenvalue weighted by molar-refractivity contribution is 7.12. The maximum absolute atomic E-state index is 5.39. The molecule has 0 saturated carbocycles. The van der Waals surface area contributed by atoms with Gasteiger partial charge < -0.3 is 5.73 Å². The fourth-order valence-corrected chi connectivity index (χ4v) is 3.33. The third-order valence-electron chi connectivity index (χ3n) is 3.26. The van der Waals surface area contributed by atoms with Crippen LogP contribution in [0.4, 0.5) is 0 Å². The summed E-state index contributed by atoms with van der Waals surface area (Å²) in [6.07, 6.45) is 0. The summed E-state index contributed by atoms with van der Waals surface area (Å²) in [6.45, 7) is 3.54. The van der Waals surface area contributed by atoms with Crippen LogP contribution in [0.3, 0.4) is 0 Å². The number of benzene rings is 1. The SMILES string of the molecule is NCC#Cc1ccc(CN2Cc3ccccc3C2)s1. The lowest BCUT2D eigenvalue weighted by atomic mass is 10.1. The van der Waals surface area contributed by atoms with Crippen LogP contribution in [-0.2, 0) is 19.6 Å². The Balaban J connectivity index is 1.66. The van der Waals surface area contributed by atoms with Gasteiger partial charge in [0.15, 0.2) is 0 Å². The Morgan fingerprint density at radius 3 is 2.53 bits per heavy atom. The Kier molecular flexibility index (Phi) is 3.65. The Bertz CT molecular complexity index is 608. The minimum Gasteiger partial charge on any atom is -0.320 e. The Morgan fingerprint density at radius 1 is 1.11 bits per heavy atom. The van der Waals surface area contributed by atoms with E-state index in [4.69, 9.17) is 5.73 Å². The van der Waals surface area contributed by atoms with Crippen molar-refractivity contribution in [1.29, 1.82) is 0 Å². The van der Waals surface area contributed by atoms with E-state index in [1.165, 1.54) is 16.0 Å². The van der Waals surface area contributed by atoms with Crippen LogP contribution in [0.5, 0.6) is 0 Å². The van der Waals surface area contributed by atoms with Gasteiger partial charge in [-0.15, -0.1) is 11.3 Å². The molecule has 0 amide bonds. The van der Waals surface area contributed by atoms with E-state index in [0.29, 0.717) is 6.54 Å². The van der Waals surface area contributed by atoms with Crippen LogP contribution < -0.4 is 5.73 Å². The molecule has 1 aromatic carbocycles. The predicted molar refractivity (Wildman–Crippen MR) is 79.6 cm³/mol. The monoisotopic (exact) mass is 268 g/mol. The summed E-state index contributed by atoms with van der Waals surface area (Å²) in [6, 6.07) is 13.0. The van der Waals surface area contributed by atoms with Crippen molar-refractivity contribution >= 4 is 11.3 Å². The van der Waals surface area contributed by atoms with E-state index in [2.05, 4.69) is 53.1 Å². The zero-order valence-electron chi connectivity index (χ0n) is 10.7. The molecule has 96 valence electrons. The second-order valence-corrected chi connectivity index (χ2v) is 5.85. The topological polar surface area (TPSA) is 29.3 Å². The van der Waals surface area contributed by atoms with Gasteiger partial charge >= 0.3 is 0 Å². The normalized spacial score (nSPS) is 13.9. The molecule has 3 rings (SSSR count). The number of rotatable bonds is 2. The minimum atomic E-state index is 0.425. The summed E-state index contributed by atoms with van der Waals surface area (Å²) in [5.41, 5.74) is 8.31. The van der Waals surface area contributed by atoms with Gasteiger partial charge in [0.2, 0.25) is 0 Å². The van der Waals surface area contributed by atoms with E-state index in [-0.39, 0.29) is 0 Å². The first kappa shape index (κ1) is 12.4. The average Bonchev–Trinajstić information content (AvgIpc) is 3.02. The molecule has 0 radical (unpaired) electrons. The Labute approximate surface area is 117 Å². The molecule has 1 aromatic heterocycles. The van der Waals surface area contributed by atoms with Crippen LogP contribution in [0, 0.1) is 11.8 Å². The quantitative estimate of drug-likeness (QED) is 0.848. The molecular weight excluding hydrogens is 252 g/mol. The van der Waals surface area contributed by atoms with Crippen molar-refractivity contribution in [1.82, 2.24) is 4.90 Å². The standard InChI is InChI=1S/C16H16N2S/c17-9-3-6-15-7-8-16(19-15)12-18-10-13-4-1-2-5-14(13)11-18/h1-2,4-5,7-8H,9-12,17H2. The number of fused-ring (bicyclic) bond motifs is 1. The highest BCUT2D eigenvalue weighted by atomic mass is 32.1. The lowest BCUT2D eigenvalue weighted by molar-refractivity contribution is 0.278. The van der Waals surface area contributed by atoms with Gasteiger partial charge in [0.05, 0.1) is 11.4 Å². The summed E-state index contributed by atoms with van der Waals surface area (Å²) in [5.74, 6) is 5.99. The van der Waals surface area contributed by atoms with Gasteiger partial charge in [-0.1, -0.05) is 36.1 Å². The summed E-state index contributed by atoms with van der Waals surface area (Å²) in [7, 11) is 0. The van der Waals surface area contributed by atoms with Gasteiger partial charge in [0, 0.05) is 24.5 Å². The van der Waals surface area contributed by atoms with Gasteiger partial charge in [0.1, 0.15) is 0 Å². The molecule has 19 heavy (non-hydrogen) atoms. The lowest BCUT2D eigenvalue weighted by Crippen LogP contribution is -2.14. The highest BCUT2D eigenvalue weighted by Gasteiger charge is 2.18. The van der Waals surface area contributed by atoms with Crippen LogP contribution in [0.25, 0.3) is 0 Å². The number of nitrogens with two attached hydrogens (primary N) is 1. The van der Waals surface area contributed by atoms with Crippen molar-refractivity contribution in [2.24, 2.45) is 5.73 Å². The lowest BCUT2D eigenvalue weighted by Gasteiger charge is -2.12. The minimum absolute atomic E-state index is 0.425. The Morgan fingerprint density at radius 2 is 1.84 bits per heavy atom. The summed E-state index contributed by atoms with van der Waals surface area (Å²) < 4.78 is 0. The van der Waals surface area contributed by atoms with E-state index in [0.717, 1.165) is 24.5 Å². The summed E-state index contributed by atoms with van der Waals surface area (Å²) >= 11 is 1.77. The molecule has 1 aliphatic heterocycles. The molecule has 0 fully saturated rings. The molecular formula is C16H16N2S. The smallest absolute Gasteiger partial charge is 0.0772 e. The van der Waals surface area contributed by atoms with Gasteiger partial charge in [0.25, 0.3) is 0 Å². The molecule has 3 heteroatoms. The second-order valence-electron chi connectivity index (χ2n) is 4.69. The number of hydrogen-bond donors (Lipinski definition) is 1. The fourth-order valence-electron chi connectivity index (χ4n) is 2.40. The van der Waals surface area contributed by atoms with E-state index in [1.807, 2.05) is 0 Å². The largest absolute Gasteiger partial charge is 0.320 e. The molecule has 0 aliphatic carbocycles. The van der Waals surface area contributed by atoms with Crippen molar-refractivity contribution in [2.75, 3.05) is 6.54 Å². The molecule has 0 atom stereocenters. The number of thiophene rings is 1. The summed E-state index contributed by atoms with van der Waals surface area (Å²) in [4.78, 5) is 4.95. The molecule has 0 spiro atoms. The molecule has 0 unspecified atom stereocenters. The van der Waals surface area contributed by atoms with Crippen LogP contribution >= 0.6 is 11.3 Å². The van der Waals surface area contributed by atoms with Crippen LogP contribution in [0.2, 0.25) is 0 Å². The van der Waals surface area contributed by atoms with E-state index in [9.17, 15) is 0 Å². The fraction of sp³-hybridized carbons (Fsp3) is 0.250. The van der Waals surface area contributed by atoms with Crippen molar-refractivity contribution in [3.63, 3.8) is 0 Å². The predicted octanol–water partition coefficient (Wildman–Crippen LogP) is 2.57. The molecule has 2 nitrogen and oxygen atoms in total. The van der Waals surface area contributed by atoms with Gasteiger partial charge in [-0.2, -0.15) is 0 Å². The van der Waals surface area contributed by atoms with E-state index >= 15 is 0 Å². The molecule has 1 aliphatic rings. The highest BCUT2D eigenvalue weighted by Crippen LogP contribution is 2.26. The van der Waals surface area contributed by atoms with Gasteiger partial charge in [-0.3, -0.25) is 4.90 Å². The molecule has 2 aromatic rings. The van der Waals surface area contributed by atoms with Gasteiger partial charge in [-0.05, 0) is 23.3 Å². The van der Waals surface area contributed by atoms with Crippen molar-refractivity contribution < 1.29 is 0 Å². The van der Waals surface area contributed by atoms with E-state index < -0.39 is 0 Å². The molecule has 0 bridgehead atoms. The summed E-state index contributed by atoms with van der Waals surface area (Å²) in [5, 5.41) is 0.